The van der Waals surface area contributed by atoms with Gasteiger partial charge < -0.3 is 10.2 Å². The summed E-state index contributed by atoms with van der Waals surface area (Å²) in [7, 11) is 4.36. The van der Waals surface area contributed by atoms with E-state index < -0.39 is 0 Å². The number of fused-ring (bicyclic) bond motifs is 2. The molecule has 2 rings (SSSR count). The highest BCUT2D eigenvalue weighted by atomic mass is 15.2. The number of nitrogens with one attached hydrogen (secondary N) is 1. The van der Waals surface area contributed by atoms with Crippen LogP contribution >= 0.6 is 0 Å². The Morgan fingerprint density at radius 2 is 2.00 bits per heavy atom. The minimum atomic E-state index is 0.587. The normalized spacial score (nSPS) is 36.9. The zero-order valence-corrected chi connectivity index (χ0v) is 11.4. The smallest absolute Gasteiger partial charge is 0.0215 e. The van der Waals surface area contributed by atoms with Crippen molar-refractivity contribution in [3.63, 3.8) is 0 Å². The number of rotatable bonds is 5. The van der Waals surface area contributed by atoms with Gasteiger partial charge in [-0.15, -0.1) is 0 Å². The molecule has 0 heterocycles. The Kier molecular flexibility index (Phi) is 3.91. The maximum absolute atomic E-state index is 3.36. The van der Waals surface area contributed by atoms with Crippen LogP contribution in [0.3, 0.4) is 0 Å². The zero-order valence-electron chi connectivity index (χ0n) is 11.4. The molecule has 2 nitrogen and oxygen atoms in total. The lowest BCUT2D eigenvalue weighted by atomic mass is 9.88. The van der Waals surface area contributed by atoms with Gasteiger partial charge in [-0.05, 0) is 65.0 Å². The van der Waals surface area contributed by atoms with Gasteiger partial charge in [0.15, 0.2) is 0 Å². The SMILES string of the molecule is CNC(C)C(C)N(C)CC1CC2CCC1C2. The molecule has 0 spiro atoms. The molecule has 5 unspecified atom stereocenters. The molecule has 0 radical (unpaired) electrons. The van der Waals surface area contributed by atoms with E-state index in [9.17, 15) is 0 Å². The summed E-state index contributed by atoms with van der Waals surface area (Å²) in [6, 6.07) is 1.23. The second kappa shape index (κ2) is 5.05. The lowest BCUT2D eigenvalue weighted by Gasteiger charge is -2.34. The second-order valence-corrected chi connectivity index (χ2v) is 6.19. The summed E-state index contributed by atoms with van der Waals surface area (Å²) in [5, 5.41) is 3.36. The van der Waals surface area contributed by atoms with Gasteiger partial charge >= 0.3 is 0 Å². The molecular weight excluding hydrogens is 196 g/mol. The highest BCUT2D eigenvalue weighted by Gasteiger charge is 2.40. The number of likely N-dealkylation sites (N-methyl/N-ethyl adjacent to an activating group) is 2. The second-order valence-electron chi connectivity index (χ2n) is 6.19. The molecule has 2 aliphatic rings. The number of hydrogen-bond acceptors (Lipinski definition) is 2. The largest absolute Gasteiger partial charge is 0.316 e. The van der Waals surface area contributed by atoms with E-state index in [2.05, 4.69) is 38.2 Å². The fourth-order valence-corrected chi connectivity index (χ4v) is 3.76. The molecule has 2 heteroatoms. The standard InChI is InChI=1S/C14H28N2/c1-10(15-3)11(2)16(4)9-14-8-12-5-6-13(14)7-12/h10-15H,5-9H2,1-4H3. The van der Waals surface area contributed by atoms with Gasteiger partial charge in [0.25, 0.3) is 0 Å². The third kappa shape index (κ3) is 2.43. The minimum absolute atomic E-state index is 0.587. The zero-order chi connectivity index (χ0) is 11.7. The summed E-state index contributed by atoms with van der Waals surface area (Å²) >= 11 is 0. The Morgan fingerprint density at radius 3 is 2.50 bits per heavy atom. The van der Waals surface area contributed by atoms with Crippen LogP contribution in [0.4, 0.5) is 0 Å². The molecule has 0 aromatic rings. The van der Waals surface area contributed by atoms with Crippen molar-refractivity contribution < 1.29 is 0 Å². The third-order valence-electron chi connectivity index (χ3n) is 5.28. The Hall–Kier alpha value is -0.0800. The van der Waals surface area contributed by atoms with Crippen molar-refractivity contribution in [3.8, 4) is 0 Å². The molecule has 2 aliphatic carbocycles. The van der Waals surface area contributed by atoms with Crippen molar-refractivity contribution in [2.45, 2.75) is 51.6 Å². The van der Waals surface area contributed by atoms with E-state index in [4.69, 9.17) is 0 Å². The van der Waals surface area contributed by atoms with Gasteiger partial charge in [-0.2, -0.15) is 0 Å². The van der Waals surface area contributed by atoms with Crippen molar-refractivity contribution in [1.29, 1.82) is 0 Å². The molecule has 2 bridgehead atoms. The fourth-order valence-electron chi connectivity index (χ4n) is 3.76. The van der Waals surface area contributed by atoms with Crippen LogP contribution in [-0.2, 0) is 0 Å². The van der Waals surface area contributed by atoms with Crippen molar-refractivity contribution >= 4 is 0 Å². The lowest BCUT2D eigenvalue weighted by Crippen LogP contribution is -2.46. The van der Waals surface area contributed by atoms with Crippen LogP contribution in [0.1, 0.15) is 39.5 Å². The van der Waals surface area contributed by atoms with E-state index >= 15 is 0 Å². The number of hydrogen-bond donors (Lipinski definition) is 1. The first-order valence-electron chi connectivity index (χ1n) is 6.99. The quantitative estimate of drug-likeness (QED) is 0.771. The Morgan fingerprint density at radius 1 is 1.25 bits per heavy atom. The monoisotopic (exact) mass is 224 g/mol. The van der Waals surface area contributed by atoms with Gasteiger partial charge in [-0.25, -0.2) is 0 Å². The molecule has 0 saturated heterocycles. The maximum atomic E-state index is 3.36. The van der Waals surface area contributed by atoms with E-state index in [1.807, 2.05) is 0 Å². The molecule has 0 aromatic heterocycles. The summed E-state index contributed by atoms with van der Waals surface area (Å²) in [5.41, 5.74) is 0. The third-order valence-corrected chi connectivity index (χ3v) is 5.28. The van der Waals surface area contributed by atoms with Gasteiger partial charge in [-0.3, -0.25) is 0 Å². The predicted molar refractivity (Wildman–Crippen MR) is 69.6 cm³/mol. The van der Waals surface area contributed by atoms with Crippen LogP contribution < -0.4 is 5.32 Å². The molecule has 0 aromatic carbocycles. The van der Waals surface area contributed by atoms with Crippen molar-refractivity contribution in [2.75, 3.05) is 20.6 Å². The summed E-state index contributed by atoms with van der Waals surface area (Å²) in [5.74, 6) is 3.14. The van der Waals surface area contributed by atoms with Gasteiger partial charge in [-0.1, -0.05) is 6.42 Å². The van der Waals surface area contributed by atoms with Crippen molar-refractivity contribution in [2.24, 2.45) is 17.8 Å². The predicted octanol–water partition coefficient (Wildman–Crippen LogP) is 2.35. The minimum Gasteiger partial charge on any atom is -0.316 e. The molecule has 2 saturated carbocycles. The molecular formula is C14H28N2. The lowest BCUT2D eigenvalue weighted by molar-refractivity contribution is 0.160. The van der Waals surface area contributed by atoms with Crippen molar-refractivity contribution in [3.05, 3.63) is 0 Å². The summed E-state index contributed by atoms with van der Waals surface area (Å²) in [6.45, 7) is 5.94. The molecule has 2 fully saturated rings. The summed E-state index contributed by atoms with van der Waals surface area (Å²) < 4.78 is 0. The molecule has 94 valence electrons. The maximum Gasteiger partial charge on any atom is 0.0215 e. The molecule has 1 N–H and O–H groups in total. The molecule has 0 amide bonds. The molecule has 0 aliphatic heterocycles. The fraction of sp³-hybridized carbons (Fsp3) is 1.00. The van der Waals surface area contributed by atoms with Gasteiger partial charge in [0.1, 0.15) is 0 Å². The van der Waals surface area contributed by atoms with E-state index in [1.54, 1.807) is 0 Å². The highest BCUT2D eigenvalue weighted by Crippen LogP contribution is 2.48. The first-order chi connectivity index (χ1) is 7.61. The van der Waals surface area contributed by atoms with Crippen LogP contribution in [0.2, 0.25) is 0 Å². The van der Waals surface area contributed by atoms with Crippen LogP contribution in [0.15, 0.2) is 0 Å². The summed E-state index contributed by atoms with van der Waals surface area (Å²) in [4.78, 5) is 2.56. The molecule has 16 heavy (non-hydrogen) atoms. The van der Waals surface area contributed by atoms with Crippen LogP contribution in [0, 0.1) is 17.8 Å². The number of nitrogens with zero attached hydrogens (tertiary/aromatic N) is 1. The Labute approximate surface area is 101 Å². The van der Waals surface area contributed by atoms with E-state index in [1.165, 1.54) is 32.2 Å². The topological polar surface area (TPSA) is 15.3 Å². The van der Waals surface area contributed by atoms with Crippen LogP contribution in [0.25, 0.3) is 0 Å². The first-order valence-corrected chi connectivity index (χ1v) is 6.99. The van der Waals surface area contributed by atoms with Gasteiger partial charge in [0.2, 0.25) is 0 Å². The summed E-state index contributed by atoms with van der Waals surface area (Å²) in [6.07, 6.45) is 6.08. The van der Waals surface area contributed by atoms with E-state index in [0.717, 1.165) is 17.8 Å². The first kappa shape index (κ1) is 12.4. The highest BCUT2D eigenvalue weighted by molar-refractivity contribution is 4.91. The average molecular weight is 224 g/mol. The van der Waals surface area contributed by atoms with E-state index in [-0.39, 0.29) is 0 Å². The van der Waals surface area contributed by atoms with Gasteiger partial charge in [0.05, 0.1) is 0 Å². The Bertz CT molecular complexity index is 229. The Balaban J connectivity index is 1.81. The average Bonchev–Trinajstić information content (AvgIpc) is 2.88. The van der Waals surface area contributed by atoms with E-state index in [0.29, 0.717) is 12.1 Å². The molecule has 5 atom stereocenters. The van der Waals surface area contributed by atoms with Crippen LogP contribution in [-0.4, -0.2) is 37.6 Å². The van der Waals surface area contributed by atoms with Crippen molar-refractivity contribution in [1.82, 2.24) is 10.2 Å². The van der Waals surface area contributed by atoms with Gasteiger partial charge in [0, 0.05) is 18.6 Å². The van der Waals surface area contributed by atoms with Crippen LogP contribution in [0.5, 0.6) is 0 Å².